The van der Waals surface area contributed by atoms with Crippen molar-refractivity contribution in [2.75, 3.05) is 13.6 Å². The number of nitrogens with zero attached hydrogens (tertiary/aromatic N) is 1. The molecule has 2 heteroatoms. The lowest BCUT2D eigenvalue weighted by atomic mass is 10.1. The summed E-state index contributed by atoms with van der Waals surface area (Å²) in [7, 11) is 1.99. The molecule has 1 N–H and O–H groups in total. The van der Waals surface area contributed by atoms with E-state index < -0.39 is 0 Å². The highest BCUT2D eigenvalue weighted by atomic mass is 14.9. The minimum absolute atomic E-state index is 0.774. The number of aromatic nitrogens is 1. The SMILES string of the molecule is CC#CCn1cc(CCNC)c2ccccc21. The number of likely N-dealkylation sites (N-methyl/N-ethyl adjacent to an activating group) is 1. The second-order valence-electron chi connectivity index (χ2n) is 4.08. The molecule has 1 aromatic heterocycles. The maximum atomic E-state index is 3.20. The Labute approximate surface area is 103 Å². The summed E-state index contributed by atoms with van der Waals surface area (Å²) in [6, 6.07) is 8.53. The molecule has 1 aromatic carbocycles. The fourth-order valence-electron chi connectivity index (χ4n) is 2.08. The van der Waals surface area contributed by atoms with E-state index in [1.165, 1.54) is 16.5 Å². The molecule has 0 unspecified atom stereocenters. The van der Waals surface area contributed by atoms with Crippen molar-refractivity contribution >= 4 is 10.9 Å². The maximum absolute atomic E-state index is 3.20. The first-order valence-electron chi connectivity index (χ1n) is 5.97. The van der Waals surface area contributed by atoms with Gasteiger partial charge in [-0.3, -0.25) is 0 Å². The first-order valence-corrected chi connectivity index (χ1v) is 5.97. The number of nitrogens with one attached hydrogen (secondary N) is 1. The van der Waals surface area contributed by atoms with Gasteiger partial charge >= 0.3 is 0 Å². The summed E-state index contributed by atoms with van der Waals surface area (Å²) < 4.78 is 2.23. The zero-order chi connectivity index (χ0) is 12.1. The molecular weight excluding hydrogens is 208 g/mol. The van der Waals surface area contributed by atoms with E-state index >= 15 is 0 Å². The molecule has 0 radical (unpaired) electrons. The van der Waals surface area contributed by atoms with Gasteiger partial charge in [-0.1, -0.05) is 24.1 Å². The fraction of sp³-hybridized carbons (Fsp3) is 0.333. The molecule has 88 valence electrons. The van der Waals surface area contributed by atoms with E-state index in [9.17, 15) is 0 Å². The molecule has 0 aliphatic heterocycles. The largest absolute Gasteiger partial charge is 0.336 e. The van der Waals surface area contributed by atoms with Crippen LogP contribution in [-0.2, 0) is 13.0 Å². The molecule has 0 aliphatic carbocycles. The first kappa shape index (κ1) is 11.8. The van der Waals surface area contributed by atoms with E-state index in [2.05, 4.69) is 52.2 Å². The van der Waals surface area contributed by atoms with Gasteiger partial charge in [0.2, 0.25) is 0 Å². The number of rotatable bonds is 4. The van der Waals surface area contributed by atoms with Crippen molar-refractivity contribution in [2.24, 2.45) is 0 Å². The second-order valence-corrected chi connectivity index (χ2v) is 4.08. The summed E-state index contributed by atoms with van der Waals surface area (Å²) in [5, 5.41) is 4.54. The molecule has 0 saturated heterocycles. The molecule has 0 bridgehead atoms. The van der Waals surface area contributed by atoms with Crippen LogP contribution in [0.5, 0.6) is 0 Å². The van der Waals surface area contributed by atoms with Gasteiger partial charge in [-0.15, -0.1) is 5.92 Å². The zero-order valence-electron chi connectivity index (χ0n) is 10.5. The summed E-state index contributed by atoms with van der Waals surface area (Å²) in [5.74, 6) is 6.07. The van der Waals surface area contributed by atoms with Gasteiger partial charge in [0.1, 0.15) is 0 Å². The van der Waals surface area contributed by atoms with Crippen LogP contribution in [0.2, 0.25) is 0 Å². The Morgan fingerprint density at radius 2 is 2.12 bits per heavy atom. The molecule has 2 aromatic rings. The predicted molar refractivity (Wildman–Crippen MR) is 73.0 cm³/mol. The monoisotopic (exact) mass is 226 g/mol. The lowest BCUT2D eigenvalue weighted by molar-refractivity contribution is 0.788. The van der Waals surface area contributed by atoms with Crippen LogP contribution >= 0.6 is 0 Å². The van der Waals surface area contributed by atoms with Gasteiger partial charge < -0.3 is 9.88 Å². The summed E-state index contributed by atoms with van der Waals surface area (Å²) in [4.78, 5) is 0. The Bertz CT molecular complexity index is 555. The predicted octanol–water partition coefficient (Wildman–Crippen LogP) is 2.43. The van der Waals surface area contributed by atoms with Crippen molar-refractivity contribution in [1.29, 1.82) is 0 Å². The Balaban J connectivity index is 2.41. The molecule has 0 spiro atoms. The van der Waals surface area contributed by atoms with Gasteiger partial charge in [-0.05, 0) is 38.6 Å². The van der Waals surface area contributed by atoms with Gasteiger partial charge in [-0.2, -0.15) is 0 Å². The van der Waals surface area contributed by atoms with Crippen molar-refractivity contribution in [2.45, 2.75) is 19.9 Å². The zero-order valence-corrected chi connectivity index (χ0v) is 10.5. The summed E-state index contributed by atoms with van der Waals surface area (Å²) >= 11 is 0. The average Bonchev–Trinajstić information content (AvgIpc) is 2.72. The van der Waals surface area contributed by atoms with Crippen LogP contribution in [0, 0.1) is 11.8 Å². The minimum atomic E-state index is 0.774. The van der Waals surface area contributed by atoms with Crippen molar-refractivity contribution in [3.8, 4) is 11.8 Å². The van der Waals surface area contributed by atoms with Crippen molar-refractivity contribution < 1.29 is 0 Å². The average molecular weight is 226 g/mol. The molecule has 0 saturated carbocycles. The fourth-order valence-corrected chi connectivity index (χ4v) is 2.08. The van der Waals surface area contributed by atoms with E-state index in [1.807, 2.05) is 14.0 Å². The molecule has 0 fully saturated rings. The Kier molecular flexibility index (Phi) is 3.85. The van der Waals surface area contributed by atoms with Crippen molar-refractivity contribution in [3.05, 3.63) is 36.0 Å². The van der Waals surface area contributed by atoms with Gasteiger partial charge in [0.25, 0.3) is 0 Å². The highest BCUT2D eigenvalue weighted by Gasteiger charge is 2.06. The van der Waals surface area contributed by atoms with E-state index in [0.717, 1.165) is 19.5 Å². The Morgan fingerprint density at radius 3 is 2.88 bits per heavy atom. The second kappa shape index (κ2) is 5.56. The van der Waals surface area contributed by atoms with Crippen molar-refractivity contribution in [1.82, 2.24) is 9.88 Å². The number of benzene rings is 1. The third-order valence-corrected chi connectivity index (χ3v) is 2.94. The molecule has 0 amide bonds. The minimum Gasteiger partial charge on any atom is -0.336 e. The van der Waals surface area contributed by atoms with Crippen LogP contribution in [0.1, 0.15) is 12.5 Å². The van der Waals surface area contributed by atoms with Gasteiger partial charge in [-0.25, -0.2) is 0 Å². The molecular formula is C15H18N2. The normalized spacial score (nSPS) is 10.2. The molecule has 17 heavy (non-hydrogen) atoms. The molecule has 0 atom stereocenters. The number of para-hydroxylation sites is 1. The van der Waals surface area contributed by atoms with E-state index in [1.54, 1.807) is 0 Å². The highest BCUT2D eigenvalue weighted by Crippen LogP contribution is 2.21. The van der Waals surface area contributed by atoms with E-state index in [0.29, 0.717) is 0 Å². The van der Waals surface area contributed by atoms with Crippen LogP contribution in [0.3, 0.4) is 0 Å². The molecule has 2 nitrogen and oxygen atoms in total. The quantitative estimate of drug-likeness (QED) is 0.792. The topological polar surface area (TPSA) is 17.0 Å². The summed E-state index contributed by atoms with van der Waals surface area (Å²) in [5.41, 5.74) is 2.68. The van der Waals surface area contributed by atoms with Crippen LogP contribution in [0.15, 0.2) is 30.5 Å². The highest BCUT2D eigenvalue weighted by molar-refractivity contribution is 5.84. The number of hydrogen-bond donors (Lipinski definition) is 1. The number of fused-ring (bicyclic) bond motifs is 1. The van der Waals surface area contributed by atoms with Crippen LogP contribution in [-0.4, -0.2) is 18.2 Å². The maximum Gasteiger partial charge on any atom is 0.0837 e. The van der Waals surface area contributed by atoms with Crippen LogP contribution < -0.4 is 5.32 Å². The third-order valence-electron chi connectivity index (χ3n) is 2.94. The van der Waals surface area contributed by atoms with Gasteiger partial charge in [0.05, 0.1) is 6.54 Å². The molecule has 2 rings (SSSR count). The number of hydrogen-bond acceptors (Lipinski definition) is 1. The summed E-state index contributed by atoms with van der Waals surface area (Å²) in [6.07, 6.45) is 3.29. The first-order chi connectivity index (χ1) is 8.36. The van der Waals surface area contributed by atoms with Crippen LogP contribution in [0.25, 0.3) is 10.9 Å². The van der Waals surface area contributed by atoms with E-state index in [4.69, 9.17) is 0 Å². The standard InChI is InChI=1S/C15H18N2/c1-3-4-11-17-12-13(9-10-16-2)14-7-5-6-8-15(14)17/h5-8,12,16H,9-11H2,1-2H3. The molecule has 0 aliphatic rings. The Morgan fingerprint density at radius 1 is 1.29 bits per heavy atom. The summed E-state index contributed by atoms with van der Waals surface area (Å²) in [6.45, 7) is 3.66. The third kappa shape index (κ3) is 2.51. The van der Waals surface area contributed by atoms with Gasteiger partial charge in [0, 0.05) is 17.1 Å². The van der Waals surface area contributed by atoms with E-state index in [-0.39, 0.29) is 0 Å². The smallest absolute Gasteiger partial charge is 0.0837 e. The lowest BCUT2D eigenvalue weighted by Gasteiger charge is -1.98. The van der Waals surface area contributed by atoms with Crippen LogP contribution in [0.4, 0.5) is 0 Å². The lowest BCUT2D eigenvalue weighted by Crippen LogP contribution is -2.09. The Hall–Kier alpha value is -1.72. The molecule has 1 heterocycles. The van der Waals surface area contributed by atoms with Crippen molar-refractivity contribution in [3.63, 3.8) is 0 Å². The van der Waals surface area contributed by atoms with Gasteiger partial charge in [0.15, 0.2) is 0 Å².